The van der Waals surface area contributed by atoms with E-state index in [4.69, 9.17) is 4.74 Å². The summed E-state index contributed by atoms with van der Waals surface area (Å²) in [5, 5.41) is 6.12. The standard InChI is InChI=1S/C18H36N4O2/c1-14(13-22-9-7-21(6)8-10-22)12-19-16(23)20-15-11-17(2,3)24-18(15,4)5/h14-15H,7-13H2,1-6H3,(H2,19,20,23)/t14-,15+/m1/s1. The molecule has 2 fully saturated rings. The molecule has 0 bridgehead atoms. The number of hydrogen-bond donors (Lipinski definition) is 2. The fourth-order valence-electron chi connectivity index (χ4n) is 3.80. The van der Waals surface area contributed by atoms with Gasteiger partial charge in [0.1, 0.15) is 0 Å². The zero-order chi connectivity index (χ0) is 18.0. The van der Waals surface area contributed by atoms with Gasteiger partial charge >= 0.3 is 6.03 Å². The number of rotatable bonds is 5. The largest absolute Gasteiger partial charge is 0.367 e. The van der Waals surface area contributed by atoms with Crippen LogP contribution in [0.5, 0.6) is 0 Å². The topological polar surface area (TPSA) is 56.8 Å². The quantitative estimate of drug-likeness (QED) is 0.797. The van der Waals surface area contributed by atoms with E-state index in [1.807, 2.05) is 13.8 Å². The number of nitrogens with one attached hydrogen (secondary N) is 2. The van der Waals surface area contributed by atoms with Crippen LogP contribution in [0.3, 0.4) is 0 Å². The SMILES string of the molecule is C[C@H](CNC(=O)N[C@H]1CC(C)(C)OC1(C)C)CN1CCN(C)CC1. The van der Waals surface area contributed by atoms with E-state index in [0.29, 0.717) is 12.5 Å². The molecule has 0 aromatic rings. The molecule has 2 N–H and O–H groups in total. The Hall–Kier alpha value is -0.850. The Morgan fingerprint density at radius 1 is 1.21 bits per heavy atom. The third-order valence-corrected chi connectivity index (χ3v) is 5.16. The molecule has 2 atom stereocenters. The minimum atomic E-state index is -0.327. The molecule has 2 amide bonds. The van der Waals surface area contributed by atoms with Crippen LogP contribution in [-0.4, -0.2) is 79.4 Å². The zero-order valence-corrected chi connectivity index (χ0v) is 16.3. The highest BCUT2D eigenvalue weighted by molar-refractivity contribution is 5.74. The third-order valence-electron chi connectivity index (χ3n) is 5.16. The molecule has 2 aliphatic rings. The smallest absolute Gasteiger partial charge is 0.315 e. The molecule has 2 aliphatic heterocycles. The Morgan fingerprint density at radius 2 is 1.83 bits per heavy atom. The van der Waals surface area contributed by atoms with Gasteiger partial charge in [-0.25, -0.2) is 4.79 Å². The molecule has 0 saturated carbocycles. The van der Waals surface area contributed by atoms with Gasteiger partial charge in [-0.1, -0.05) is 6.92 Å². The molecule has 2 heterocycles. The highest BCUT2D eigenvalue weighted by Gasteiger charge is 2.46. The van der Waals surface area contributed by atoms with Crippen LogP contribution in [0.15, 0.2) is 0 Å². The predicted molar refractivity (Wildman–Crippen MR) is 97.3 cm³/mol. The van der Waals surface area contributed by atoms with E-state index >= 15 is 0 Å². The van der Waals surface area contributed by atoms with Gasteiger partial charge in [-0.2, -0.15) is 0 Å². The van der Waals surface area contributed by atoms with Gasteiger partial charge in [0.05, 0.1) is 17.2 Å². The van der Waals surface area contributed by atoms with Crippen LogP contribution in [0.1, 0.15) is 41.0 Å². The average molecular weight is 341 g/mol. The minimum absolute atomic E-state index is 0.0421. The summed E-state index contributed by atoms with van der Waals surface area (Å²) in [6.07, 6.45) is 0.838. The van der Waals surface area contributed by atoms with Crippen molar-refractivity contribution < 1.29 is 9.53 Å². The number of nitrogens with zero attached hydrogens (tertiary/aromatic N) is 2. The maximum absolute atomic E-state index is 12.2. The number of likely N-dealkylation sites (N-methyl/N-ethyl adjacent to an activating group) is 1. The van der Waals surface area contributed by atoms with Crippen molar-refractivity contribution in [1.82, 2.24) is 20.4 Å². The van der Waals surface area contributed by atoms with E-state index < -0.39 is 0 Å². The Kier molecular flexibility index (Phi) is 6.15. The first kappa shape index (κ1) is 19.5. The second-order valence-electron chi connectivity index (χ2n) is 8.79. The van der Waals surface area contributed by atoms with Gasteiger partial charge in [0.15, 0.2) is 0 Å². The van der Waals surface area contributed by atoms with Gasteiger partial charge in [-0.05, 0) is 47.1 Å². The molecule has 140 valence electrons. The number of carbonyl (C=O) groups is 1. The summed E-state index contributed by atoms with van der Waals surface area (Å²) in [6, 6.07) is -0.0416. The Balaban J connectivity index is 1.69. The second kappa shape index (κ2) is 7.58. The summed E-state index contributed by atoms with van der Waals surface area (Å²) in [5.74, 6) is 0.448. The van der Waals surface area contributed by atoms with Crippen molar-refractivity contribution in [3.8, 4) is 0 Å². The summed E-state index contributed by atoms with van der Waals surface area (Å²) in [4.78, 5) is 17.1. The number of urea groups is 1. The summed E-state index contributed by atoms with van der Waals surface area (Å²) < 4.78 is 6.03. The van der Waals surface area contributed by atoms with E-state index in [-0.39, 0.29) is 23.3 Å². The van der Waals surface area contributed by atoms with Crippen LogP contribution in [-0.2, 0) is 4.74 Å². The van der Waals surface area contributed by atoms with Crippen LogP contribution in [0.2, 0.25) is 0 Å². The minimum Gasteiger partial charge on any atom is -0.367 e. The normalized spacial score (nSPS) is 28.5. The molecule has 0 spiro atoms. The molecule has 0 aliphatic carbocycles. The zero-order valence-electron chi connectivity index (χ0n) is 16.3. The van der Waals surface area contributed by atoms with Crippen LogP contribution < -0.4 is 10.6 Å². The lowest BCUT2D eigenvalue weighted by atomic mass is 9.95. The predicted octanol–water partition coefficient (Wildman–Crippen LogP) is 1.52. The van der Waals surface area contributed by atoms with E-state index in [9.17, 15) is 4.79 Å². The van der Waals surface area contributed by atoms with Crippen LogP contribution >= 0.6 is 0 Å². The molecule has 0 aromatic carbocycles. The van der Waals surface area contributed by atoms with Gasteiger partial charge in [0.2, 0.25) is 0 Å². The Labute approximate surface area is 147 Å². The van der Waals surface area contributed by atoms with Crippen LogP contribution in [0, 0.1) is 5.92 Å². The lowest BCUT2D eigenvalue weighted by Gasteiger charge is -2.34. The first-order valence-corrected chi connectivity index (χ1v) is 9.23. The molecule has 0 unspecified atom stereocenters. The summed E-state index contributed by atoms with van der Waals surface area (Å²) in [7, 11) is 2.17. The van der Waals surface area contributed by atoms with Crippen molar-refractivity contribution in [3.63, 3.8) is 0 Å². The maximum atomic E-state index is 12.2. The molecule has 2 rings (SSSR count). The van der Waals surface area contributed by atoms with Gasteiger partial charge < -0.3 is 25.2 Å². The van der Waals surface area contributed by atoms with E-state index in [2.05, 4.69) is 48.3 Å². The first-order chi connectivity index (χ1) is 11.1. The average Bonchev–Trinajstić information content (AvgIpc) is 2.66. The Morgan fingerprint density at radius 3 is 2.38 bits per heavy atom. The number of carbonyl (C=O) groups excluding carboxylic acids is 1. The first-order valence-electron chi connectivity index (χ1n) is 9.23. The van der Waals surface area contributed by atoms with E-state index in [0.717, 1.165) is 39.1 Å². The fraction of sp³-hybridized carbons (Fsp3) is 0.944. The monoisotopic (exact) mass is 340 g/mol. The number of piperazine rings is 1. The van der Waals surface area contributed by atoms with Crippen molar-refractivity contribution in [3.05, 3.63) is 0 Å². The lowest BCUT2D eigenvalue weighted by molar-refractivity contribution is -0.0690. The summed E-state index contributed by atoms with van der Waals surface area (Å²) in [5.41, 5.74) is -0.511. The lowest BCUT2D eigenvalue weighted by Crippen LogP contribution is -2.51. The number of ether oxygens (including phenoxy) is 1. The molecule has 6 nitrogen and oxygen atoms in total. The molecular weight excluding hydrogens is 304 g/mol. The number of amides is 2. The second-order valence-corrected chi connectivity index (χ2v) is 8.79. The van der Waals surface area contributed by atoms with Crippen molar-refractivity contribution in [2.24, 2.45) is 5.92 Å². The van der Waals surface area contributed by atoms with Crippen molar-refractivity contribution in [2.45, 2.75) is 58.3 Å². The van der Waals surface area contributed by atoms with Crippen molar-refractivity contribution >= 4 is 6.03 Å². The molecule has 6 heteroatoms. The summed E-state index contributed by atoms with van der Waals surface area (Å²) in [6.45, 7) is 16.7. The number of hydrogen-bond acceptors (Lipinski definition) is 4. The van der Waals surface area contributed by atoms with Crippen LogP contribution in [0.25, 0.3) is 0 Å². The fourth-order valence-corrected chi connectivity index (χ4v) is 3.80. The summed E-state index contributed by atoms with van der Waals surface area (Å²) >= 11 is 0. The highest BCUT2D eigenvalue weighted by Crippen LogP contribution is 2.37. The Bertz CT molecular complexity index is 431. The van der Waals surface area contributed by atoms with Gasteiger partial charge in [0.25, 0.3) is 0 Å². The molecular formula is C18H36N4O2. The highest BCUT2D eigenvalue weighted by atomic mass is 16.5. The van der Waals surface area contributed by atoms with Crippen molar-refractivity contribution in [1.29, 1.82) is 0 Å². The van der Waals surface area contributed by atoms with Gasteiger partial charge in [-0.3, -0.25) is 0 Å². The molecule has 0 aromatic heterocycles. The maximum Gasteiger partial charge on any atom is 0.315 e. The van der Waals surface area contributed by atoms with Gasteiger partial charge in [-0.15, -0.1) is 0 Å². The van der Waals surface area contributed by atoms with E-state index in [1.54, 1.807) is 0 Å². The molecule has 24 heavy (non-hydrogen) atoms. The molecule has 2 saturated heterocycles. The van der Waals surface area contributed by atoms with E-state index in [1.165, 1.54) is 0 Å². The van der Waals surface area contributed by atoms with Crippen molar-refractivity contribution in [2.75, 3.05) is 46.3 Å². The van der Waals surface area contributed by atoms with Gasteiger partial charge in [0, 0.05) is 39.3 Å². The van der Waals surface area contributed by atoms with Crippen LogP contribution in [0.4, 0.5) is 4.79 Å². The molecule has 0 radical (unpaired) electrons. The third kappa shape index (κ3) is 5.60.